The van der Waals surface area contributed by atoms with E-state index in [2.05, 4.69) is 5.32 Å². The standard InChI is InChI=1S/C14H18F3NO2/c1-2-20-9-3-8-18-13(19)10-11-4-6-12(7-5-11)14(15,16)17/h4-7H,2-3,8-10H2,1H3,(H,18,19). The van der Waals surface area contributed by atoms with Gasteiger partial charge in [0, 0.05) is 19.8 Å². The quantitative estimate of drug-likeness (QED) is 0.784. The molecule has 3 nitrogen and oxygen atoms in total. The molecule has 1 aromatic carbocycles. The topological polar surface area (TPSA) is 38.3 Å². The molecule has 0 heterocycles. The Morgan fingerprint density at radius 3 is 2.45 bits per heavy atom. The summed E-state index contributed by atoms with van der Waals surface area (Å²) in [6, 6.07) is 4.61. The van der Waals surface area contributed by atoms with Crippen LogP contribution in [0.4, 0.5) is 13.2 Å². The Kier molecular flexibility index (Phi) is 6.51. The molecule has 0 bridgehead atoms. The number of halogens is 3. The van der Waals surface area contributed by atoms with E-state index in [9.17, 15) is 18.0 Å². The Labute approximate surface area is 116 Å². The van der Waals surface area contributed by atoms with Gasteiger partial charge in [0.15, 0.2) is 0 Å². The first-order chi connectivity index (χ1) is 9.43. The summed E-state index contributed by atoms with van der Waals surface area (Å²) < 4.78 is 42.2. The summed E-state index contributed by atoms with van der Waals surface area (Å²) in [6.45, 7) is 3.61. The highest BCUT2D eigenvalue weighted by Gasteiger charge is 2.29. The summed E-state index contributed by atoms with van der Waals surface area (Å²) in [7, 11) is 0. The van der Waals surface area contributed by atoms with Crippen LogP contribution in [0.25, 0.3) is 0 Å². The van der Waals surface area contributed by atoms with Gasteiger partial charge >= 0.3 is 6.18 Å². The van der Waals surface area contributed by atoms with Crippen molar-refractivity contribution in [1.82, 2.24) is 5.32 Å². The summed E-state index contributed by atoms with van der Waals surface area (Å²) in [5.74, 6) is -0.207. The lowest BCUT2D eigenvalue weighted by atomic mass is 10.1. The highest BCUT2D eigenvalue weighted by molar-refractivity contribution is 5.78. The Bertz CT molecular complexity index is 415. The lowest BCUT2D eigenvalue weighted by molar-refractivity contribution is -0.137. The van der Waals surface area contributed by atoms with Gasteiger partial charge in [0.05, 0.1) is 12.0 Å². The van der Waals surface area contributed by atoms with Crippen molar-refractivity contribution in [1.29, 1.82) is 0 Å². The lowest BCUT2D eigenvalue weighted by Crippen LogP contribution is -2.26. The monoisotopic (exact) mass is 289 g/mol. The number of benzene rings is 1. The normalized spacial score (nSPS) is 11.4. The molecular formula is C14H18F3NO2. The lowest BCUT2D eigenvalue weighted by Gasteiger charge is -2.08. The second-order valence-corrected chi connectivity index (χ2v) is 4.27. The van der Waals surface area contributed by atoms with E-state index in [1.807, 2.05) is 6.92 Å². The summed E-state index contributed by atoms with van der Waals surface area (Å²) in [4.78, 5) is 11.6. The minimum absolute atomic E-state index is 0.0762. The van der Waals surface area contributed by atoms with Gasteiger partial charge in [-0.15, -0.1) is 0 Å². The van der Waals surface area contributed by atoms with Crippen molar-refractivity contribution in [2.24, 2.45) is 0 Å². The SMILES string of the molecule is CCOCCCNC(=O)Cc1ccc(C(F)(F)F)cc1. The van der Waals surface area contributed by atoms with Crippen LogP contribution in [0.1, 0.15) is 24.5 Å². The Morgan fingerprint density at radius 2 is 1.90 bits per heavy atom. The summed E-state index contributed by atoms with van der Waals surface area (Å²) in [6.07, 6.45) is -3.56. The van der Waals surface area contributed by atoms with E-state index in [0.29, 0.717) is 31.7 Å². The second-order valence-electron chi connectivity index (χ2n) is 4.27. The molecule has 0 aromatic heterocycles. The molecular weight excluding hydrogens is 271 g/mol. The predicted molar refractivity (Wildman–Crippen MR) is 69.3 cm³/mol. The first-order valence-corrected chi connectivity index (χ1v) is 6.44. The van der Waals surface area contributed by atoms with Crippen LogP contribution in [0.3, 0.4) is 0 Å². The number of hydrogen-bond acceptors (Lipinski definition) is 2. The molecule has 1 N–H and O–H groups in total. The molecule has 0 spiro atoms. The number of alkyl halides is 3. The van der Waals surface area contributed by atoms with E-state index in [0.717, 1.165) is 12.1 Å². The summed E-state index contributed by atoms with van der Waals surface area (Å²) in [5.41, 5.74) is -0.154. The van der Waals surface area contributed by atoms with E-state index in [1.165, 1.54) is 12.1 Å². The Hall–Kier alpha value is -1.56. The van der Waals surface area contributed by atoms with E-state index >= 15 is 0 Å². The predicted octanol–water partition coefficient (Wildman–Crippen LogP) is 2.79. The van der Waals surface area contributed by atoms with Crippen LogP contribution < -0.4 is 5.32 Å². The number of rotatable bonds is 7. The zero-order valence-corrected chi connectivity index (χ0v) is 11.3. The highest BCUT2D eigenvalue weighted by atomic mass is 19.4. The third kappa shape index (κ3) is 6.06. The van der Waals surface area contributed by atoms with Crippen LogP contribution in [-0.2, 0) is 22.1 Å². The fraction of sp³-hybridized carbons (Fsp3) is 0.500. The molecule has 0 unspecified atom stereocenters. The van der Waals surface area contributed by atoms with Gasteiger partial charge in [-0.3, -0.25) is 4.79 Å². The van der Waals surface area contributed by atoms with Gasteiger partial charge in [-0.05, 0) is 31.0 Å². The molecule has 112 valence electrons. The Morgan fingerprint density at radius 1 is 1.25 bits per heavy atom. The van der Waals surface area contributed by atoms with Gasteiger partial charge in [-0.1, -0.05) is 12.1 Å². The van der Waals surface area contributed by atoms with Crippen LogP contribution in [0.5, 0.6) is 0 Å². The van der Waals surface area contributed by atoms with Crippen LogP contribution in [0, 0.1) is 0 Å². The average Bonchev–Trinajstić information content (AvgIpc) is 2.38. The molecule has 0 saturated carbocycles. The molecule has 0 aliphatic rings. The first kappa shape index (κ1) is 16.5. The molecule has 0 aliphatic heterocycles. The maximum Gasteiger partial charge on any atom is 0.416 e. The maximum atomic E-state index is 12.4. The van der Waals surface area contributed by atoms with Crippen molar-refractivity contribution in [2.75, 3.05) is 19.8 Å². The number of hydrogen-bond donors (Lipinski definition) is 1. The van der Waals surface area contributed by atoms with Crippen molar-refractivity contribution in [3.63, 3.8) is 0 Å². The minimum Gasteiger partial charge on any atom is -0.382 e. The number of carbonyl (C=O) groups excluding carboxylic acids is 1. The molecule has 6 heteroatoms. The van der Waals surface area contributed by atoms with Crippen molar-refractivity contribution in [3.8, 4) is 0 Å². The molecule has 20 heavy (non-hydrogen) atoms. The van der Waals surface area contributed by atoms with Gasteiger partial charge < -0.3 is 10.1 Å². The number of carbonyl (C=O) groups is 1. The van der Waals surface area contributed by atoms with Crippen molar-refractivity contribution in [2.45, 2.75) is 25.9 Å². The Balaban J connectivity index is 2.35. The zero-order valence-electron chi connectivity index (χ0n) is 11.3. The van der Waals surface area contributed by atoms with E-state index in [-0.39, 0.29) is 12.3 Å². The number of ether oxygens (including phenoxy) is 1. The van der Waals surface area contributed by atoms with Gasteiger partial charge in [-0.2, -0.15) is 13.2 Å². The summed E-state index contributed by atoms with van der Waals surface area (Å²) in [5, 5.41) is 2.69. The van der Waals surface area contributed by atoms with Crippen LogP contribution >= 0.6 is 0 Å². The summed E-state index contributed by atoms with van der Waals surface area (Å²) >= 11 is 0. The molecule has 0 fully saturated rings. The van der Waals surface area contributed by atoms with Gasteiger partial charge in [0.2, 0.25) is 5.91 Å². The highest BCUT2D eigenvalue weighted by Crippen LogP contribution is 2.29. The second kappa shape index (κ2) is 7.89. The molecule has 1 rings (SSSR count). The van der Waals surface area contributed by atoms with Crippen molar-refractivity contribution in [3.05, 3.63) is 35.4 Å². The van der Waals surface area contributed by atoms with Crippen molar-refractivity contribution < 1.29 is 22.7 Å². The number of amides is 1. The molecule has 0 radical (unpaired) electrons. The third-order valence-electron chi connectivity index (χ3n) is 2.64. The molecule has 0 atom stereocenters. The number of nitrogens with one attached hydrogen (secondary N) is 1. The van der Waals surface area contributed by atoms with E-state index in [1.54, 1.807) is 0 Å². The fourth-order valence-electron chi connectivity index (χ4n) is 1.61. The average molecular weight is 289 g/mol. The molecule has 1 amide bonds. The molecule has 1 aromatic rings. The van der Waals surface area contributed by atoms with Gasteiger partial charge in [0.25, 0.3) is 0 Å². The van der Waals surface area contributed by atoms with Crippen LogP contribution in [0.2, 0.25) is 0 Å². The molecule has 0 saturated heterocycles. The van der Waals surface area contributed by atoms with Crippen molar-refractivity contribution >= 4 is 5.91 Å². The van der Waals surface area contributed by atoms with Crippen LogP contribution in [-0.4, -0.2) is 25.7 Å². The zero-order chi connectivity index (χ0) is 15.0. The first-order valence-electron chi connectivity index (χ1n) is 6.44. The molecule has 0 aliphatic carbocycles. The van der Waals surface area contributed by atoms with Gasteiger partial charge in [0.1, 0.15) is 0 Å². The smallest absolute Gasteiger partial charge is 0.382 e. The maximum absolute atomic E-state index is 12.4. The van der Waals surface area contributed by atoms with Gasteiger partial charge in [-0.25, -0.2) is 0 Å². The third-order valence-corrected chi connectivity index (χ3v) is 2.64. The van der Waals surface area contributed by atoms with E-state index in [4.69, 9.17) is 4.74 Å². The van der Waals surface area contributed by atoms with E-state index < -0.39 is 11.7 Å². The minimum atomic E-state index is -4.35. The largest absolute Gasteiger partial charge is 0.416 e. The van der Waals surface area contributed by atoms with Crippen LogP contribution in [0.15, 0.2) is 24.3 Å². The fourth-order valence-corrected chi connectivity index (χ4v) is 1.61.